The van der Waals surface area contributed by atoms with E-state index < -0.39 is 11.5 Å². The molecule has 2 aromatic rings. The highest BCUT2D eigenvalue weighted by Crippen LogP contribution is 2.17. The van der Waals surface area contributed by atoms with E-state index in [1.807, 2.05) is 18.2 Å². The Morgan fingerprint density at radius 3 is 2.22 bits per heavy atom. The Labute approximate surface area is 135 Å². The molecule has 0 radical (unpaired) electrons. The Balaban J connectivity index is 2.10. The minimum Gasteiger partial charge on any atom is -0.380 e. The number of benzene rings is 2. The molecular formula is C19H19NO3. The summed E-state index contributed by atoms with van der Waals surface area (Å²) in [6.07, 6.45) is 1.64. The van der Waals surface area contributed by atoms with E-state index in [-0.39, 0.29) is 12.2 Å². The molecule has 1 amide bonds. The van der Waals surface area contributed by atoms with E-state index in [1.54, 1.807) is 36.4 Å². The normalized spacial score (nSPS) is 13.0. The number of aliphatic hydroxyl groups is 1. The number of rotatable bonds is 6. The van der Waals surface area contributed by atoms with E-state index in [9.17, 15) is 14.7 Å². The molecule has 23 heavy (non-hydrogen) atoms. The maximum Gasteiger partial charge on any atom is 0.256 e. The van der Waals surface area contributed by atoms with Crippen molar-refractivity contribution in [1.29, 1.82) is 0 Å². The number of carbonyl (C=O) groups is 2. The van der Waals surface area contributed by atoms with Gasteiger partial charge in [0, 0.05) is 23.2 Å². The predicted molar refractivity (Wildman–Crippen MR) is 90.4 cm³/mol. The largest absolute Gasteiger partial charge is 0.380 e. The summed E-state index contributed by atoms with van der Waals surface area (Å²) >= 11 is 0. The molecule has 4 nitrogen and oxygen atoms in total. The molecule has 0 saturated heterocycles. The first-order chi connectivity index (χ1) is 10.9. The van der Waals surface area contributed by atoms with Crippen molar-refractivity contribution >= 4 is 17.4 Å². The molecule has 0 bridgehead atoms. The Morgan fingerprint density at radius 1 is 1.09 bits per heavy atom. The molecule has 1 unspecified atom stereocenters. The van der Waals surface area contributed by atoms with Gasteiger partial charge in [-0.1, -0.05) is 36.4 Å². The minimum atomic E-state index is -1.51. The van der Waals surface area contributed by atoms with Gasteiger partial charge >= 0.3 is 0 Å². The van der Waals surface area contributed by atoms with Crippen LogP contribution in [0.4, 0.5) is 5.69 Å². The SMILES string of the molecule is C=CCC(C)(O)C(=O)Nc1ccc(C(=O)c2ccccc2)cc1. The summed E-state index contributed by atoms with van der Waals surface area (Å²) in [6, 6.07) is 15.5. The van der Waals surface area contributed by atoms with Crippen molar-refractivity contribution in [3.05, 3.63) is 78.4 Å². The number of carbonyl (C=O) groups excluding carboxylic acids is 2. The second-order valence-electron chi connectivity index (χ2n) is 5.49. The van der Waals surface area contributed by atoms with Gasteiger partial charge in [0.1, 0.15) is 5.60 Å². The first-order valence-electron chi connectivity index (χ1n) is 7.28. The maximum atomic E-state index is 12.3. The molecule has 2 N–H and O–H groups in total. The number of nitrogens with one attached hydrogen (secondary N) is 1. The van der Waals surface area contributed by atoms with Crippen LogP contribution in [-0.4, -0.2) is 22.4 Å². The highest BCUT2D eigenvalue weighted by Gasteiger charge is 2.28. The first-order valence-corrected chi connectivity index (χ1v) is 7.28. The molecule has 2 aromatic carbocycles. The summed E-state index contributed by atoms with van der Waals surface area (Å²) in [4.78, 5) is 24.3. The van der Waals surface area contributed by atoms with Crippen LogP contribution >= 0.6 is 0 Å². The van der Waals surface area contributed by atoms with Crippen LogP contribution in [0.3, 0.4) is 0 Å². The fraction of sp³-hybridized carbons (Fsp3) is 0.158. The molecule has 4 heteroatoms. The Hall–Kier alpha value is -2.72. The number of anilines is 1. The van der Waals surface area contributed by atoms with Gasteiger partial charge in [-0.15, -0.1) is 6.58 Å². The lowest BCUT2D eigenvalue weighted by atomic mass is 10.0. The zero-order valence-electron chi connectivity index (χ0n) is 13.0. The summed E-state index contributed by atoms with van der Waals surface area (Å²) in [5.41, 5.74) is 0.148. The van der Waals surface area contributed by atoms with E-state index in [1.165, 1.54) is 13.0 Å². The van der Waals surface area contributed by atoms with Gasteiger partial charge in [0.15, 0.2) is 5.78 Å². The number of ketones is 1. The highest BCUT2D eigenvalue weighted by atomic mass is 16.3. The van der Waals surface area contributed by atoms with E-state index >= 15 is 0 Å². The summed E-state index contributed by atoms with van der Waals surface area (Å²) in [5, 5.41) is 12.6. The molecule has 0 heterocycles. The van der Waals surface area contributed by atoms with Crippen molar-refractivity contribution in [3.8, 4) is 0 Å². The number of hydrogen-bond donors (Lipinski definition) is 2. The molecule has 0 aliphatic heterocycles. The molecular weight excluding hydrogens is 290 g/mol. The van der Waals surface area contributed by atoms with Gasteiger partial charge in [-0.3, -0.25) is 9.59 Å². The van der Waals surface area contributed by atoms with E-state index in [4.69, 9.17) is 0 Å². The lowest BCUT2D eigenvalue weighted by Gasteiger charge is -2.20. The van der Waals surface area contributed by atoms with Gasteiger partial charge in [0.2, 0.25) is 0 Å². The van der Waals surface area contributed by atoms with Gasteiger partial charge < -0.3 is 10.4 Å². The van der Waals surface area contributed by atoms with E-state index in [0.29, 0.717) is 16.8 Å². The monoisotopic (exact) mass is 309 g/mol. The van der Waals surface area contributed by atoms with Gasteiger partial charge in [-0.2, -0.15) is 0 Å². The zero-order valence-corrected chi connectivity index (χ0v) is 13.0. The third-order valence-electron chi connectivity index (χ3n) is 3.47. The highest BCUT2D eigenvalue weighted by molar-refractivity contribution is 6.09. The molecule has 0 aliphatic rings. The topological polar surface area (TPSA) is 66.4 Å². The lowest BCUT2D eigenvalue weighted by molar-refractivity contribution is -0.132. The Kier molecular flexibility index (Phi) is 5.09. The molecule has 0 fully saturated rings. The van der Waals surface area contributed by atoms with Crippen LogP contribution in [0.5, 0.6) is 0 Å². The molecule has 118 valence electrons. The van der Waals surface area contributed by atoms with Crippen LogP contribution < -0.4 is 5.32 Å². The number of hydrogen-bond acceptors (Lipinski definition) is 3. The van der Waals surface area contributed by atoms with Gasteiger partial charge in [0.05, 0.1) is 0 Å². The van der Waals surface area contributed by atoms with Crippen LogP contribution in [0, 0.1) is 0 Å². The minimum absolute atomic E-state index is 0.0814. The van der Waals surface area contributed by atoms with Crippen LogP contribution in [0.15, 0.2) is 67.3 Å². The van der Waals surface area contributed by atoms with Crippen molar-refractivity contribution in [1.82, 2.24) is 0 Å². The Morgan fingerprint density at radius 2 is 1.65 bits per heavy atom. The van der Waals surface area contributed by atoms with Crippen molar-refractivity contribution in [3.63, 3.8) is 0 Å². The average Bonchev–Trinajstić information content (AvgIpc) is 2.55. The van der Waals surface area contributed by atoms with Crippen LogP contribution in [0.25, 0.3) is 0 Å². The van der Waals surface area contributed by atoms with Crippen LogP contribution in [0.1, 0.15) is 29.3 Å². The summed E-state index contributed by atoms with van der Waals surface area (Å²) in [5.74, 6) is -0.596. The van der Waals surface area contributed by atoms with Crippen molar-refractivity contribution < 1.29 is 14.7 Å². The zero-order chi connectivity index (χ0) is 16.9. The quantitative estimate of drug-likeness (QED) is 0.636. The molecule has 0 saturated carbocycles. The fourth-order valence-corrected chi connectivity index (χ4v) is 2.10. The van der Waals surface area contributed by atoms with Crippen molar-refractivity contribution in [2.24, 2.45) is 0 Å². The summed E-state index contributed by atoms with van der Waals surface area (Å²) in [6.45, 7) is 4.95. The molecule has 0 spiro atoms. The van der Waals surface area contributed by atoms with E-state index in [2.05, 4.69) is 11.9 Å². The second-order valence-corrected chi connectivity index (χ2v) is 5.49. The van der Waals surface area contributed by atoms with Crippen molar-refractivity contribution in [2.45, 2.75) is 18.9 Å². The van der Waals surface area contributed by atoms with Gasteiger partial charge in [0.25, 0.3) is 5.91 Å². The smallest absolute Gasteiger partial charge is 0.256 e. The predicted octanol–water partition coefficient (Wildman–Crippen LogP) is 3.18. The Bertz CT molecular complexity index is 703. The summed E-state index contributed by atoms with van der Waals surface area (Å²) in [7, 11) is 0. The summed E-state index contributed by atoms with van der Waals surface area (Å²) < 4.78 is 0. The van der Waals surface area contributed by atoms with Crippen molar-refractivity contribution in [2.75, 3.05) is 5.32 Å². The molecule has 2 rings (SSSR count). The van der Waals surface area contributed by atoms with Gasteiger partial charge in [-0.05, 0) is 31.2 Å². The average molecular weight is 309 g/mol. The van der Waals surface area contributed by atoms with Crippen LogP contribution in [-0.2, 0) is 4.79 Å². The molecule has 0 aliphatic carbocycles. The third kappa shape index (κ3) is 4.14. The van der Waals surface area contributed by atoms with E-state index in [0.717, 1.165) is 0 Å². The molecule has 1 atom stereocenters. The molecule has 0 aromatic heterocycles. The first kappa shape index (κ1) is 16.6. The third-order valence-corrected chi connectivity index (χ3v) is 3.47. The fourth-order valence-electron chi connectivity index (χ4n) is 2.10. The second kappa shape index (κ2) is 7.03. The van der Waals surface area contributed by atoms with Crippen LogP contribution in [0.2, 0.25) is 0 Å². The maximum absolute atomic E-state index is 12.3. The number of amides is 1. The lowest BCUT2D eigenvalue weighted by Crippen LogP contribution is -2.39. The standard InChI is InChI=1S/C19H19NO3/c1-3-13-19(2,23)18(22)20-16-11-9-15(10-12-16)17(21)14-7-5-4-6-8-14/h3-12,23H,1,13H2,2H3,(H,20,22). The van der Waals surface area contributed by atoms with Gasteiger partial charge in [-0.25, -0.2) is 0 Å².